The monoisotopic (exact) mass is 318 g/mol. The number of hydrogen-bond acceptors (Lipinski definition) is 4. The lowest BCUT2D eigenvalue weighted by Crippen LogP contribution is -2.07. The Balaban J connectivity index is 2.26. The maximum absolute atomic E-state index is 13.1. The largest absolute Gasteiger partial charge is 0.484 e. The van der Waals surface area contributed by atoms with Crippen LogP contribution < -0.4 is 4.74 Å². The normalized spacial score (nSPS) is 11.6. The van der Waals surface area contributed by atoms with Gasteiger partial charge in [0, 0.05) is 29.6 Å². The summed E-state index contributed by atoms with van der Waals surface area (Å²) < 4.78 is 43.1. The molecule has 0 unspecified atom stereocenters. The molecule has 0 aliphatic heterocycles. The topological polar surface area (TPSA) is 61.2 Å². The van der Waals surface area contributed by atoms with E-state index in [-0.39, 0.29) is 12.4 Å². The molecular weight excluding hydrogens is 307 g/mol. The van der Waals surface area contributed by atoms with E-state index in [1.54, 1.807) is 12.4 Å². The van der Waals surface area contributed by atoms with Crippen LogP contribution in [0.25, 0.3) is 0 Å². The molecular formula is C12H12ClFN2O3S. The van der Waals surface area contributed by atoms with Crippen molar-refractivity contribution in [1.29, 1.82) is 0 Å². The Morgan fingerprint density at radius 3 is 2.85 bits per heavy atom. The van der Waals surface area contributed by atoms with Crippen molar-refractivity contribution in [3.63, 3.8) is 0 Å². The van der Waals surface area contributed by atoms with Crippen LogP contribution in [0.3, 0.4) is 0 Å². The number of hydrogen-bond donors (Lipinski definition) is 0. The van der Waals surface area contributed by atoms with Crippen LogP contribution in [-0.4, -0.2) is 18.0 Å². The van der Waals surface area contributed by atoms with Gasteiger partial charge >= 0.3 is 0 Å². The van der Waals surface area contributed by atoms with Gasteiger partial charge in [-0.2, -0.15) is 0 Å². The fraction of sp³-hybridized carbons (Fsp3) is 0.250. The third kappa shape index (κ3) is 3.29. The van der Waals surface area contributed by atoms with Crippen molar-refractivity contribution in [1.82, 2.24) is 9.55 Å². The second-order valence-electron chi connectivity index (χ2n) is 3.95. The molecule has 0 saturated heterocycles. The maximum atomic E-state index is 13.1. The standard InChI is InChI=1S/C12H12ClFN2O3S/c1-2-16-6-5-15-12(16)8-19-10-4-3-9(14)7-11(10)20(13,17)18/h3-7H,2,8H2,1H3. The Bertz CT molecular complexity index is 715. The van der Waals surface area contributed by atoms with Crippen LogP contribution in [0.15, 0.2) is 35.5 Å². The third-order valence-corrected chi connectivity index (χ3v) is 4.01. The van der Waals surface area contributed by atoms with Gasteiger partial charge in [-0.25, -0.2) is 17.8 Å². The molecule has 20 heavy (non-hydrogen) atoms. The Kier molecular flexibility index (Phi) is 4.29. The summed E-state index contributed by atoms with van der Waals surface area (Å²) in [6.07, 6.45) is 3.40. The highest BCUT2D eigenvalue weighted by molar-refractivity contribution is 8.13. The average Bonchev–Trinajstić information content (AvgIpc) is 2.83. The average molecular weight is 319 g/mol. The quantitative estimate of drug-likeness (QED) is 0.795. The molecule has 0 atom stereocenters. The Morgan fingerprint density at radius 2 is 2.20 bits per heavy atom. The molecule has 0 N–H and O–H groups in total. The van der Waals surface area contributed by atoms with E-state index >= 15 is 0 Å². The van der Waals surface area contributed by atoms with Crippen LogP contribution >= 0.6 is 10.7 Å². The summed E-state index contributed by atoms with van der Waals surface area (Å²) in [5.74, 6) is -0.0755. The summed E-state index contributed by atoms with van der Waals surface area (Å²) in [5.41, 5.74) is 0. The molecule has 5 nitrogen and oxygen atoms in total. The number of ether oxygens (including phenoxy) is 1. The van der Waals surface area contributed by atoms with E-state index < -0.39 is 19.8 Å². The number of imidazole rings is 1. The van der Waals surface area contributed by atoms with Crippen LogP contribution in [0.4, 0.5) is 4.39 Å². The molecule has 8 heteroatoms. The Labute approximate surface area is 120 Å². The van der Waals surface area contributed by atoms with Gasteiger partial charge in [0.2, 0.25) is 0 Å². The lowest BCUT2D eigenvalue weighted by atomic mass is 10.3. The zero-order chi connectivity index (χ0) is 14.8. The SMILES string of the molecule is CCn1ccnc1COc1ccc(F)cc1S(=O)(=O)Cl. The van der Waals surface area contributed by atoms with Gasteiger partial charge in [-0.3, -0.25) is 0 Å². The van der Waals surface area contributed by atoms with Crippen LogP contribution in [0.1, 0.15) is 12.7 Å². The number of benzene rings is 1. The molecule has 1 aromatic heterocycles. The minimum absolute atomic E-state index is 0.00736. The predicted molar refractivity (Wildman–Crippen MR) is 71.7 cm³/mol. The zero-order valence-corrected chi connectivity index (χ0v) is 12.2. The minimum Gasteiger partial charge on any atom is -0.484 e. The van der Waals surface area contributed by atoms with Gasteiger partial charge in [0.05, 0.1) is 0 Å². The lowest BCUT2D eigenvalue weighted by molar-refractivity contribution is 0.282. The van der Waals surface area contributed by atoms with Gasteiger partial charge in [-0.1, -0.05) is 0 Å². The van der Waals surface area contributed by atoms with Gasteiger partial charge in [0.15, 0.2) is 0 Å². The molecule has 0 bridgehead atoms. The molecule has 0 amide bonds. The maximum Gasteiger partial charge on any atom is 0.265 e. The van der Waals surface area contributed by atoms with E-state index in [2.05, 4.69) is 4.98 Å². The zero-order valence-electron chi connectivity index (χ0n) is 10.6. The van der Waals surface area contributed by atoms with E-state index in [0.717, 1.165) is 12.1 Å². The second-order valence-corrected chi connectivity index (χ2v) is 6.48. The van der Waals surface area contributed by atoms with Gasteiger partial charge in [-0.05, 0) is 25.1 Å². The van der Waals surface area contributed by atoms with Crippen LogP contribution in [-0.2, 0) is 22.2 Å². The summed E-state index contributed by atoms with van der Waals surface area (Å²) in [7, 11) is 1.18. The van der Waals surface area contributed by atoms with Gasteiger partial charge in [-0.15, -0.1) is 0 Å². The molecule has 0 aliphatic rings. The summed E-state index contributed by atoms with van der Waals surface area (Å²) >= 11 is 0. The highest BCUT2D eigenvalue weighted by Gasteiger charge is 2.18. The summed E-state index contributed by atoms with van der Waals surface area (Å²) in [6, 6.07) is 3.15. The van der Waals surface area contributed by atoms with Crippen molar-refractivity contribution < 1.29 is 17.5 Å². The molecule has 0 spiro atoms. The fourth-order valence-corrected chi connectivity index (χ4v) is 2.68. The number of rotatable bonds is 5. The molecule has 1 aromatic carbocycles. The van der Waals surface area contributed by atoms with Crippen molar-refractivity contribution in [2.24, 2.45) is 0 Å². The molecule has 1 heterocycles. The number of aromatic nitrogens is 2. The fourth-order valence-electron chi connectivity index (χ4n) is 1.70. The van der Waals surface area contributed by atoms with Crippen LogP contribution in [0.5, 0.6) is 5.75 Å². The van der Waals surface area contributed by atoms with Crippen molar-refractivity contribution >= 4 is 19.7 Å². The van der Waals surface area contributed by atoms with Crippen molar-refractivity contribution in [3.05, 3.63) is 42.2 Å². The van der Waals surface area contributed by atoms with Crippen molar-refractivity contribution in [3.8, 4) is 5.75 Å². The minimum atomic E-state index is -4.08. The molecule has 0 saturated carbocycles. The van der Waals surface area contributed by atoms with Crippen LogP contribution in [0, 0.1) is 5.82 Å². The first-order chi connectivity index (χ1) is 9.41. The first-order valence-electron chi connectivity index (χ1n) is 5.79. The summed E-state index contributed by atoms with van der Waals surface area (Å²) in [5, 5.41) is 0. The van der Waals surface area contributed by atoms with E-state index in [1.165, 1.54) is 6.07 Å². The number of nitrogens with zero attached hydrogens (tertiary/aromatic N) is 2. The van der Waals surface area contributed by atoms with E-state index in [0.29, 0.717) is 12.4 Å². The van der Waals surface area contributed by atoms with Crippen LogP contribution in [0.2, 0.25) is 0 Å². The highest BCUT2D eigenvalue weighted by Crippen LogP contribution is 2.28. The first kappa shape index (κ1) is 14.8. The molecule has 0 radical (unpaired) electrons. The van der Waals surface area contributed by atoms with E-state index in [9.17, 15) is 12.8 Å². The highest BCUT2D eigenvalue weighted by atomic mass is 35.7. The molecule has 0 aliphatic carbocycles. The smallest absolute Gasteiger partial charge is 0.265 e. The first-order valence-corrected chi connectivity index (χ1v) is 8.09. The Hall–Kier alpha value is -1.60. The van der Waals surface area contributed by atoms with Gasteiger partial charge < -0.3 is 9.30 Å². The molecule has 108 valence electrons. The Morgan fingerprint density at radius 1 is 1.45 bits per heavy atom. The summed E-state index contributed by atoms with van der Waals surface area (Å²) in [6.45, 7) is 2.71. The number of halogens is 2. The van der Waals surface area contributed by atoms with Crippen molar-refractivity contribution in [2.45, 2.75) is 25.0 Å². The van der Waals surface area contributed by atoms with Crippen molar-refractivity contribution in [2.75, 3.05) is 0 Å². The molecule has 2 rings (SSSR count). The van der Waals surface area contributed by atoms with E-state index in [4.69, 9.17) is 15.4 Å². The third-order valence-electron chi connectivity index (χ3n) is 2.67. The van der Waals surface area contributed by atoms with Gasteiger partial charge in [0.1, 0.15) is 28.9 Å². The summed E-state index contributed by atoms with van der Waals surface area (Å²) in [4.78, 5) is 3.70. The lowest BCUT2D eigenvalue weighted by Gasteiger charge is -2.10. The van der Waals surface area contributed by atoms with E-state index in [1.807, 2.05) is 11.5 Å². The number of aryl methyl sites for hydroxylation is 1. The predicted octanol–water partition coefficient (Wildman–Crippen LogP) is 2.55. The second kappa shape index (κ2) is 5.80. The molecule has 0 fully saturated rings. The molecule has 2 aromatic rings. The van der Waals surface area contributed by atoms with Gasteiger partial charge in [0.25, 0.3) is 9.05 Å².